The van der Waals surface area contributed by atoms with Crippen molar-refractivity contribution < 1.29 is 22.4 Å². The van der Waals surface area contributed by atoms with Gasteiger partial charge in [-0.15, -0.1) is 0 Å². The van der Waals surface area contributed by atoms with Gasteiger partial charge in [-0.2, -0.15) is 0 Å². The molecule has 10 heteroatoms. The number of nitrogens with one attached hydrogen (secondary N) is 1. The van der Waals surface area contributed by atoms with Gasteiger partial charge in [0.05, 0.1) is 11.9 Å². The van der Waals surface area contributed by atoms with Crippen molar-refractivity contribution in [2.45, 2.75) is 50.7 Å². The molecule has 0 radical (unpaired) electrons. The van der Waals surface area contributed by atoms with Crippen LogP contribution in [0.15, 0.2) is 83.3 Å². The Morgan fingerprint density at radius 2 is 1.62 bits per heavy atom. The van der Waals surface area contributed by atoms with Crippen molar-refractivity contribution in [1.29, 1.82) is 0 Å². The van der Waals surface area contributed by atoms with Crippen LogP contribution >= 0.6 is 15.9 Å². The van der Waals surface area contributed by atoms with Gasteiger partial charge in [-0.1, -0.05) is 83.4 Å². The molecule has 0 spiro atoms. The molecule has 0 aliphatic heterocycles. The Hall–Kier alpha value is -3.24. The van der Waals surface area contributed by atoms with Crippen LogP contribution in [0.4, 0.5) is 10.1 Å². The first kappa shape index (κ1) is 29.7. The highest BCUT2D eigenvalue weighted by molar-refractivity contribution is 9.10. The molecule has 1 fully saturated rings. The van der Waals surface area contributed by atoms with E-state index < -0.39 is 34.3 Å². The number of amides is 2. The van der Waals surface area contributed by atoms with Gasteiger partial charge < -0.3 is 10.2 Å². The molecular formula is C30H33BrFN3O4S. The number of carbonyl (C=O) groups excluding carboxylic acids is 2. The van der Waals surface area contributed by atoms with E-state index >= 15 is 0 Å². The Labute approximate surface area is 243 Å². The van der Waals surface area contributed by atoms with Crippen LogP contribution in [-0.2, 0) is 32.6 Å². The van der Waals surface area contributed by atoms with Crippen molar-refractivity contribution in [1.82, 2.24) is 10.2 Å². The summed E-state index contributed by atoms with van der Waals surface area (Å²) in [5, 5.41) is 3.12. The third kappa shape index (κ3) is 7.91. The van der Waals surface area contributed by atoms with E-state index in [1.807, 2.05) is 54.6 Å². The highest BCUT2D eigenvalue weighted by atomic mass is 79.9. The standard InChI is InChI=1S/C30H33BrFN3O4S/c1-40(38,39)35(27-17-8-7-16-26(27)32)21-29(36)34(20-23-12-9-13-24(31)18-23)28(19-22-10-3-2-4-11-22)30(37)33-25-14-5-6-15-25/h2-4,7-13,16-18,25,28H,5-6,14-15,19-21H2,1H3,(H,33,37). The summed E-state index contributed by atoms with van der Waals surface area (Å²) in [5.41, 5.74) is 1.39. The molecule has 1 aliphatic carbocycles. The lowest BCUT2D eigenvalue weighted by atomic mass is 10.0. The maximum absolute atomic E-state index is 14.7. The minimum atomic E-state index is -4.03. The Morgan fingerprint density at radius 3 is 2.27 bits per heavy atom. The number of anilines is 1. The molecule has 0 bridgehead atoms. The molecule has 0 saturated heterocycles. The van der Waals surface area contributed by atoms with E-state index in [2.05, 4.69) is 21.2 Å². The molecule has 40 heavy (non-hydrogen) atoms. The smallest absolute Gasteiger partial charge is 0.244 e. The molecule has 0 heterocycles. The summed E-state index contributed by atoms with van der Waals surface area (Å²) in [6.45, 7) is -0.599. The number of halogens is 2. The monoisotopic (exact) mass is 629 g/mol. The maximum Gasteiger partial charge on any atom is 0.244 e. The van der Waals surface area contributed by atoms with E-state index in [1.54, 1.807) is 0 Å². The summed E-state index contributed by atoms with van der Waals surface area (Å²) in [6, 6.07) is 21.3. The first-order valence-corrected chi connectivity index (χ1v) is 15.9. The van der Waals surface area contributed by atoms with Gasteiger partial charge in [0.15, 0.2) is 0 Å². The number of benzene rings is 3. The number of rotatable bonds is 11. The third-order valence-electron chi connectivity index (χ3n) is 7.01. The second-order valence-corrected chi connectivity index (χ2v) is 12.9. The molecule has 2 amide bonds. The van der Waals surface area contributed by atoms with E-state index in [1.165, 1.54) is 23.1 Å². The van der Waals surface area contributed by atoms with Crippen LogP contribution in [-0.4, -0.2) is 50.0 Å². The lowest BCUT2D eigenvalue weighted by Crippen LogP contribution is -2.54. The van der Waals surface area contributed by atoms with Gasteiger partial charge in [0.1, 0.15) is 18.4 Å². The van der Waals surface area contributed by atoms with Crippen molar-refractivity contribution in [3.63, 3.8) is 0 Å². The summed E-state index contributed by atoms with van der Waals surface area (Å²) < 4.78 is 41.8. The first-order chi connectivity index (χ1) is 19.1. The molecular weight excluding hydrogens is 597 g/mol. The second kappa shape index (κ2) is 13.4. The molecule has 4 rings (SSSR count). The number of hydrogen-bond acceptors (Lipinski definition) is 4. The SMILES string of the molecule is CS(=O)(=O)N(CC(=O)N(Cc1cccc(Br)c1)C(Cc1ccccc1)C(=O)NC1CCCC1)c1ccccc1F. The highest BCUT2D eigenvalue weighted by Crippen LogP contribution is 2.24. The van der Waals surface area contributed by atoms with Crippen LogP contribution in [0.3, 0.4) is 0 Å². The largest absolute Gasteiger partial charge is 0.352 e. The topological polar surface area (TPSA) is 86.8 Å². The summed E-state index contributed by atoms with van der Waals surface area (Å²) in [5.74, 6) is -1.67. The van der Waals surface area contributed by atoms with Gasteiger partial charge in [0, 0.05) is 23.5 Å². The molecule has 0 aromatic heterocycles. The Kier molecular flexibility index (Phi) is 9.97. The number of para-hydroxylation sites is 1. The molecule has 3 aromatic carbocycles. The van der Waals surface area contributed by atoms with E-state index in [0.29, 0.717) is 0 Å². The molecule has 1 N–H and O–H groups in total. The molecule has 1 unspecified atom stereocenters. The molecule has 1 saturated carbocycles. The lowest BCUT2D eigenvalue weighted by Gasteiger charge is -2.34. The number of carbonyl (C=O) groups is 2. The van der Waals surface area contributed by atoms with Crippen molar-refractivity contribution >= 4 is 43.5 Å². The maximum atomic E-state index is 14.7. The van der Waals surface area contributed by atoms with Gasteiger partial charge in [0.2, 0.25) is 21.8 Å². The quantitative estimate of drug-likeness (QED) is 0.321. The molecule has 1 atom stereocenters. The van der Waals surface area contributed by atoms with Crippen LogP contribution in [0.5, 0.6) is 0 Å². The number of sulfonamides is 1. The van der Waals surface area contributed by atoms with Crippen LogP contribution in [0.2, 0.25) is 0 Å². The first-order valence-electron chi connectivity index (χ1n) is 13.2. The van der Waals surface area contributed by atoms with Gasteiger partial charge in [-0.25, -0.2) is 12.8 Å². The van der Waals surface area contributed by atoms with Crippen LogP contribution in [0.1, 0.15) is 36.8 Å². The van der Waals surface area contributed by atoms with E-state index in [9.17, 15) is 22.4 Å². The second-order valence-electron chi connectivity index (χ2n) is 10.1. The average Bonchev–Trinajstić information content (AvgIpc) is 3.43. The normalized spacial score (nSPS) is 14.5. The van der Waals surface area contributed by atoms with Crippen molar-refractivity contribution in [3.8, 4) is 0 Å². The zero-order valence-electron chi connectivity index (χ0n) is 22.3. The Bertz CT molecular complexity index is 1430. The summed E-state index contributed by atoms with van der Waals surface area (Å²) in [6.07, 6.45) is 4.97. The average molecular weight is 631 g/mol. The lowest BCUT2D eigenvalue weighted by molar-refractivity contribution is -0.140. The van der Waals surface area contributed by atoms with Gasteiger partial charge in [-0.05, 0) is 48.2 Å². The minimum absolute atomic E-state index is 0.0273. The van der Waals surface area contributed by atoms with Crippen LogP contribution in [0, 0.1) is 5.82 Å². The van der Waals surface area contributed by atoms with E-state index in [4.69, 9.17) is 0 Å². The molecule has 7 nitrogen and oxygen atoms in total. The van der Waals surface area contributed by atoms with Gasteiger partial charge >= 0.3 is 0 Å². The Morgan fingerprint density at radius 1 is 0.975 bits per heavy atom. The fraction of sp³-hybridized carbons (Fsp3) is 0.333. The Balaban J connectivity index is 1.73. The van der Waals surface area contributed by atoms with Gasteiger partial charge in [0.25, 0.3) is 0 Å². The fourth-order valence-electron chi connectivity index (χ4n) is 5.00. The summed E-state index contributed by atoms with van der Waals surface area (Å²) >= 11 is 3.46. The zero-order chi connectivity index (χ0) is 28.7. The van der Waals surface area contributed by atoms with Crippen molar-refractivity contribution in [2.24, 2.45) is 0 Å². The predicted octanol–water partition coefficient (Wildman–Crippen LogP) is 5.05. The third-order valence-corrected chi connectivity index (χ3v) is 8.63. The van der Waals surface area contributed by atoms with E-state index in [-0.39, 0.29) is 30.6 Å². The van der Waals surface area contributed by atoms with Crippen LogP contribution in [0.25, 0.3) is 0 Å². The van der Waals surface area contributed by atoms with E-state index in [0.717, 1.165) is 57.9 Å². The summed E-state index contributed by atoms with van der Waals surface area (Å²) in [7, 11) is -4.03. The predicted molar refractivity (Wildman–Crippen MR) is 158 cm³/mol. The van der Waals surface area contributed by atoms with Crippen molar-refractivity contribution in [3.05, 3.63) is 100 Å². The van der Waals surface area contributed by atoms with Crippen LogP contribution < -0.4 is 9.62 Å². The van der Waals surface area contributed by atoms with Gasteiger partial charge in [-0.3, -0.25) is 13.9 Å². The highest BCUT2D eigenvalue weighted by Gasteiger charge is 2.34. The zero-order valence-corrected chi connectivity index (χ0v) is 24.7. The minimum Gasteiger partial charge on any atom is -0.352 e. The molecule has 1 aliphatic rings. The molecule has 3 aromatic rings. The fourth-order valence-corrected chi connectivity index (χ4v) is 6.30. The number of nitrogens with zero attached hydrogens (tertiary/aromatic N) is 2. The van der Waals surface area contributed by atoms with Crippen molar-refractivity contribution in [2.75, 3.05) is 17.1 Å². The summed E-state index contributed by atoms with van der Waals surface area (Å²) in [4.78, 5) is 29.3. The molecule has 212 valence electrons. The number of hydrogen-bond donors (Lipinski definition) is 1.